The molecule has 1 aliphatic rings. The van der Waals surface area contributed by atoms with Gasteiger partial charge in [0.2, 0.25) is 11.2 Å². The minimum atomic E-state index is -0.0482. The molecule has 0 aromatic carbocycles. The second kappa shape index (κ2) is 5.77. The van der Waals surface area contributed by atoms with E-state index in [9.17, 15) is 4.79 Å². The topological polar surface area (TPSA) is 54.9 Å². The van der Waals surface area contributed by atoms with Crippen molar-refractivity contribution in [2.24, 2.45) is 0 Å². The lowest BCUT2D eigenvalue weighted by Crippen LogP contribution is -2.14. The number of nitrogens with one attached hydrogen (secondary N) is 1. The minimum absolute atomic E-state index is 0.0482. The number of nitrogens with zero attached hydrogens (tertiary/aromatic N) is 2. The summed E-state index contributed by atoms with van der Waals surface area (Å²) in [4.78, 5) is 19.4. The van der Waals surface area contributed by atoms with Crippen LogP contribution in [0.1, 0.15) is 32.1 Å². The zero-order chi connectivity index (χ0) is 12.1. The van der Waals surface area contributed by atoms with Crippen LogP contribution in [0, 0.1) is 0 Å². The lowest BCUT2D eigenvalue weighted by molar-refractivity contribution is -0.115. The molecule has 0 radical (unpaired) electrons. The molecule has 0 spiro atoms. The molecule has 1 heterocycles. The molecule has 1 aromatic heterocycles. The predicted molar refractivity (Wildman–Crippen MR) is 66.8 cm³/mol. The SMILES string of the molecule is O=C(CC1=CCCCC1)Nc1ccnc(Cl)n1. The third-order valence-corrected chi connectivity index (χ3v) is 2.85. The number of aromatic nitrogens is 2. The molecule has 17 heavy (non-hydrogen) atoms. The van der Waals surface area contributed by atoms with E-state index < -0.39 is 0 Å². The van der Waals surface area contributed by atoms with Crippen LogP contribution in [0.25, 0.3) is 0 Å². The van der Waals surface area contributed by atoms with Crippen LogP contribution in [0.3, 0.4) is 0 Å². The molecule has 1 N–H and O–H groups in total. The van der Waals surface area contributed by atoms with Gasteiger partial charge in [0, 0.05) is 12.6 Å². The minimum Gasteiger partial charge on any atom is -0.310 e. The maximum atomic E-state index is 11.7. The maximum Gasteiger partial charge on any atom is 0.229 e. The molecule has 1 aliphatic carbocycles. The van der Waals surface area contributed by atoms with Gasteiger partial charge in [-0.3, -0.25) is 4.79 Å². The van der Waals surface area contributed by atoms with Crippen molar-refractivity contribution in [3.8, 4) is 0 Å². The number of anilines is 1. The van der Waals surface area contributed by atoms with Crippen molar-refractivity contribution in [1.29, 1.82) is 0 Å². The average molecular weight is 252 g/mol. The van der Waals surface area contributed by atoms with Gasteiger partial charge in [-0.2, -0.15) is 0 Å². The summed E-state index contributed by atoms with van der Waals surface area (Å²) in [5.41, 5.74) is 1.22. The Labute approximate surface area is 105 Å². The summed E-state index contributed by atoms with van der Waals surface area (Å²) in [6, 6.07) is 1.62. The molecule has 5 heteroatoms. The van der Waals surface area contributed by atoms with Gasteiger partial charge in [-0.25, -0.2) is 9.97 Å². The van der Waals surface area contributed by atoms with Crippen molar-refractivity contribution in [2.75, 3.05) is 5.32 Å². The van der Waals surface area contributed by atoms with Crippen molar-refractivity contribution in [3.63, 3.8) is 0 Å². The summed E-state index contributed by atoms with van der Waals surface area (Å²) < 4.78 is 0. The lowest BCUT2D eigenvalue weighted by atomic mass is 9.97. The Morgan fingerprint density at radius 2 is 2.35 bits per heavy atom. The van der Waals surface area contributed by atoms with Crippen molar-refractivity contribution < 1.29 is 4.79 Å². The second-order valence-electron chi connectivity index (χ2n) is 4.04. The first-order valence-corrected chi connectivity index (χ1v) is 6.08. The monoisotopic (exact) mass is 251 g/mol. The number of halogens is 1. The highest BCUT2D eigenvalue weighted by Crippen LogP contribution is 2.20. The smallest absolute Gasteiger partial charge is 0.229 e. The van der Waals surface area contributed by atoms with E-state index in [0.717, 1.165) is 12.8 Å². The molecule has 90 valence electrons. The lowest BCUT2D eigenvalue weighted by Gasteiger charge is -2.12. The first-order chi connectivity index (χ1) is 8.24. The van der Waals surface area contributed by atoms with E-state index in [2.05, 4.69) is 21.4 Å². The molecule has 1 aromatic rings. The summed E-state index contributed by atoms with van der Waals surface area (Å²) in [6.07, 6.45) is 8.65. The zero-order valence-corrected chi connectivity index (χ0v) is 10.2. The Bertz CT molecular complexity index is 445. The van der Waals surface area contributed by atoms with Gasteiger partial charge < -0.3 is 5.32 Å². The molecular weight excluding hydrogens is 238 g/mol. The van der Waals surface area contributed by atoms with Crippen LogP contribution in [0.4, 0.5) is 5.82 Å². The molecule has 4 nitrogen and oxygen atoms in total. The molecule has 0 aliphatic heterocycles. The van der Waals surface area contributed by atoms with Gasteiger partial charge in [-0.15, -0.1) is 0 Å². The maximum absolute atomic E-state index is 11.7. The van der Waals surface area contributed by atoms with E-state index in [0.29, 0.717) is 12.2 Å². The van der Waals surface area contributed by atoms with Gasteiger partial charge in [-0.05, 0) is 43.4 Å². The van der Waals surface area contributed by atoms with E-state index in [1.807, 2.05) is 0 Å². The normalized spacial score (nSPS) is 15.2. The number of amides is 1. The quantitative estimate of drug-likeness (QED) is 0.664. The summed E-state index contributed by atoms with van der Waals surface area (Å²) in [6.45, 7) is 0. The van der Waals surface area contributed by atoms with E-state index in [1.54, 1.807) is 6.07 Å². The van der Waals surface area contributed by atoms with Gasteiger partial charge in [-0.1, -0.05) is 11.6 Å². The number of hydrogen-bond donors (Lipinski definition) is 1. The molecule has 0 bridgehead atoms. The molecule has 0 unspecified atom stereocenters. The van der Waals surface area contributed by atoms with Crippen LogP contribution >= 0.6 is 11.6 Å². The number of allylic oxidation sites excluding steroid dienone is 1. The van der Waals surface area contributed by atoms with E-state index in [1.165, 1.54) is 24.6 Å². The Hall–Kier alpha value is -1.42. The van der Waals surface area contributed by atoms with Gasteiger partial charge >= 0.3 is 0 Å². The molecular formula is C12H14ClN3O. The van der Waals surface area contributed by atoms with Gasteiger partial charge in [0.05, 0.1) is 0 Å². The number of carbonyl (C=O) groups is 1. The van der Waals surface area contributed by atoms with Gasteiger partial charge in [0.1, 0.15) is 5.82 Å². The van der Waals surface area contributed by atoms with Crippen molar-refractivity contribution in [2.45, 2.75) is 32.1 Å². The number of hydrogen-bond acceptors (Lipinski definition) is 3. The van der Waals surface area contributed by atoms with Crippen molar-refractivity contribution in [1.82, 2.24) is 9.97 Å². The van der Waals surface area contributed by atoms with Gasteiger partial charge in [0.25, 0.3) is 0 Å². The molecule has 2 rings (SSSR count). The van der Waals surface area contributed by atoms with Gasteiger partial charge in [0.15, 0.2) is 0 Å². The van der Waals surface area contributed by atoms with Crippen LogP contribution in [0.5, 0.6) is 0 Å². The summed E-state index contributed by atoms with van der Waals surface area (Å²) >= 11 is 5.64. The van der Waals surface area contributed by atoms with Crippen LogP contribution in [-0.2, 0) is 4.79 Å². The Kier molecular flexibility index (Phi) is 4.09. The largest absolute Gasteiger partial charge is 0.310 e. The summed E-state index contributed by atoms with van der Waals surface area (Å²) in [7, 11) is 0. The molecule has 0 saturated carbocycles. The second-order valence-corrected chi connectivity index (χ2v) is 4.38. The highest BCUT2D eigenvalue weighted by molar-refractivity contribution is 6.28. The highest BCUT2D eigenvalue weighted by atomic mass is 35.5. The highest BCUT2D eigenvalue weighted by Gasteiger charge is 2.09. The number of rotatable bonds is 3. The van der Waals surface area contributed by atoms with Crippen LogP contribution in [-0.4, -0.2) is 15.9 Å². The molecule has 0 fully saturated rings. The van der Waals surface area contributed by atoms with E-state index in [4.69, 9.17) is 11.6 Å². The van der Waals surface area contributed by atoms with E-state index in [-0.39, 0.29) is 11.2 Å². The third kappa shape index (κ3) is 3.82. The Balaban J connectivity index is 1.91. The Morgan fingerprint density at radius 3 is 3.06 bits per heavy atom. The fourth-order valence-corrected chi connectivity index (χ4v) is 2.01. The first kappa shape index (κ1) is 12.0. The summed E-state index contributed by atoms with van der Waals surface area (Å²) in [5, 5.41) is 2.85. The van der Waals surface area contributed by atoms with E-state index >= 15 is 0 Å². The van der Waals surface area contributed by atoms with Crippen LogP contribution < -0.4 is 5.32 Å². The average Bonchev–Trinajstić information content (AvgIpc) is 2.30. The summed E-state index contributed by atoms with van der Waals surface area (Å²) in [5.74, 6) is 0.402. The fraction of sp³-hybridized carbons (Fsp3) is 0.417. The standard InChI is InChI=1S/C12H14ClN3O/c13-12-14-7-6-10(16-12)15-11(17)8-9-4-2-1-3-5-9/h4,6-7H,1-3,5,8H2,(H,14,15,16,17). The zero-order valence-electron chi connectivity index (χ0n) is 9.45. The van der Waals surface area contributed by atoms with Crippen LogP contribution in [0.15, 0.2) is 23.9 Å². The molecule has 0 atom stereocenters. The van der Waals surface area contributed by atoms with Crippen molar-refractivity contribution >= 4 is 23.3 Å². The third-order valence-electron chi connectivity index (χ3n) is 2.67. The predicted octanol–water partition coefficient (Wildman–Crippen LogP) is 2.96. The molecule has 0 saturated heterocycles. The Morgan fingerprint density at radius 1 is 1.47 bits per heavy atom. The molecule has 1 amide bonds. The van der Waals surface area contributed by atoms with Crippen molar-refractivity contribution in [3.05, 3.63) is 29.2 Å². The van der Waals surface area contributed by atoms with Crippen LogP contribution in [0.2, 0.25) is 5.28 Å². The number of carbonyl (C=O) groups excluding carboxylic acids is 1. The fourth-order valence-electron chi connectivity index (χ4n) is 1.86. The first-order valence-electron chi connectivity index (χ1n) is 5.70.